The molecule has 0 amide bonds. The lowest BCUT2D eigenvalue weighted by atomic mass is 10.1. The molecule has 0 fully saturated rings. The summed E-state index contributed by atoms with van der Waals surface area (Å²) in [5.74, 6) is 0.831. The number of anilines is 1. The number of aryl methyl sites for hydroxylation is 1. The van der Waals surface area contributed by atoms with Crippen molar-refractivity contribution in [2.75, 3.05) is 12.4 Å². The highest BCUT2D eigenvalue weighted by molar-refractivity contribution is 7.81. The third kappa shape index (κ3) is 2.87. The lowest BCUT2D eigenvalue weighted by Gasteiger charge is -2.10. The van der Waals surface area contributed by atoms with E-state index in [0.29, 0.717) is 4.99 Å². The van der Waals surface area contributed by atoms with Crippen molar-refractivity contribution in [3.05, 3.63) is 59.7 Å². The van der Waals surface area contributed by atoms with Crippen LogP contribution >= 0.6 is 12.2 Å². The normalized spacial score (nSPS) is 9.89. The Bertz CT molecular complexity index is 549. The monoisotopic (exact) mass is 257 g/mol. The van der Waals surface area contributed by atoms with Gasteiger partial charge in [0.2, 0.25) is 0 Å². The smallest absolute Gasteiger partial charge is 0.118 e. The molecule has 0 saturated heterocycles. The molecular weight excluding hydrogens is 242 g/mol. The zero-order valence-corrected chi connectivity index (χ0v) is 11.3. The van der Waals surface area contributed by atoms with Gasteiger partial charge in [0.25, 0.3) is 0 Å². The second-order valence-corrected chi connectivity index (χ2v) is 4.41. The van der Waals surface area contributed by atoms with Crippen LogP contribution in [0, 0.1) is 6.92 Å². The Labute approximate surface area is 113 Å². The molecule has 0 bridgehead atoms. The molecule has 0 aliphatic carbocycles. The SMILES string of the molecule is COc1ccc(C(=S)Nc2ccccc2C)cc1. The van der Waals surface area contributed by atoms with Crippen LogP contribution in [0.15, 0.2) is 48.5 Å². The Morgan fingerprint density at radius 1 is 1.06 bits per heavy atom. The molecule has 0 aliphatic heterocycles. The molecule has 0 aromatic heterocycles. The first-order valence-electron chi connectivity index (χ1n) is 5.72. The van der Waals surface area contributed by atoms with Gasteiger partial charge in [0, 0.05) is 11.3 Å². The van der Waals surface area contributed by atoms with Gasteiger partial charge in [-0.1, -0.05) is 30.4 Å². The van der Waals surface area contributed by atoms with Crippen LogP contribution in [0.4, 0.5) is 5.69 Å². The molecule has 0 heterocycles. The van der Waals surface area contributed by atoms with E-state index >= 15 is 0 Å². The summed E-state index contributed by atoms with van der Waals surface area (Å²) in [6.45, 7) is 2.05. The number of hydrogen-bond acceptors (Lipinski definition) is 2. The number of hydrogen-bond donors (Lipinski definition) is 1. The Morgan fingerprint density at radius 3 is 2.33 bits per heavy atom. The third-order valence-corrected chi connectivity index (χ3v) is 3.08. The second kappa shape index (κ2) is 5.65. The molecule has 0 aliphatic rings. The van der Waals surface area contributed by atoms with E-state index in [-0.39, 0.29) is 0 Å². The van der Waals surface area contributed by atoms with E-state index in [1.807, 2.05) is 42.5 Å². The van der Waals surface area contributed by atoms with Gasteiger partial charge >= 0.3 is 0 Å². The Hall–Kier alpha value is -1.87. The highest BCUT2D eigenvalue weighted by Gasteiger charge is 2.03. The maximum atomic E-state index is 5.39. The number of ether oxygens (including phenoxy) is 1. The molecule has 0 saturated carbocycles. The molecule has 2 nitrogen and oxygen atoms in total. The maximum absolute atomic E-state index is 5.39. The maximum Gasteiger partial charge on any atom is 0.118 e. The summed E-state index contributed by atoms with van der Waals surface area (Å²) in [6, 6.07) is 15.8. The van der Waals surface area contributed by atoms with E-state index in [1.165, 1.54) is 5.56 Å². The minimum Gasteiger partial charge on any atom is -0.497 e. The number of thiocarbonyl (C=S) groups is 1. The number of benzene rings is 2. The van der Waals surface area contributed by atoms with Crippen LogP contribution in [0.1, 0.15) is 11.1 Å². The lowest BCUT2D eigenvalue weighted by Crippen LogP contribution is -2.11. The van der Waals surface area contributed by atoms with Crippen LogP contribution in [0.5, 0.6) is 5.75 Å². The quantitative estimate of drug-likeness (QED) is 0.845. The lowest BCUT2D eigenvalue weighted by molar-refractivity contribution is 0.415. The van der Waals surface area contributed by atoms with Crippen molar-refractivity contribution in [3.63, 3.8) is 0 Å². The summed E-state index contributed by atoms with van der Waals surface area (Å²) in [4.78, 5) is 0.715. The van der Waals surface area contributed by atoms with Crippen molar-refractivity contribution in [2.24, 2.45) is 0 Å². The van der Waals surface area contributed by atoms with Crippen molar-refractivity contribution in [2.45, 2.75) is 6.92 Å². The molecule has 2 rings (SSSR count). The molecule has 2 aromatic rings. The molecule has 92 valence electrons. The summed E-state index contributed by atoms with van der Waals surface area (Å²) in [6.07, 6.45) is 0. The van der Waals surface area contributed by atoms with E-state index in [2.05, 4.69) is 18.3 Å². The predicted molar refractivity (Wildman–Crippen MR) is 79.5 cm³/mol. The van der Waals surface area contributed by atoms with Gasteiger partial charge in [-0.05, 0) is 42.8 Å². The molecule has 1 N–H and O–H groups in total. The van der Waals surface area contributed by atoms with Gasteiger partial charge in [-0.25, -0.2) is 0 Å². The summed E-state index contributed by atoms with van der Waals surface area (Å²) < 4.78 is 5.12. The fourth-order valence-electron chi connectivity index (χ4n) is 1.65. The van der Waals surface area contributed by atoms with Crippen molar-refractivity contribution < 1.29 is 4.74 Å². The van der Waals surface area contributed by atoms with Crippen LogP contribution in [-0.2, 0) is 0 Å². The summed E-state index contributed by atoms with van der Waals surface area (Å²) in [7, 11) is 1.65. The molecule has 0 radical (unpaired) electrons. The topological polar surface area (TPSA) is 21.3 Å². The summed E-state index contributed by atoms with van der Waals surface area (Å²) in [5.41, 5.74) is 3.20. The van der Waals surface area contributed by atoms with Crippen LogP contribution < -0.4 is 10.1 Å². The third-order valence-electron chi connectivity index (χ3n) is 2.75. The summed E-state index contributed by atoms with van der Waals surface area (Å²) >= 11 is 5.39. The van der Waals surface area contributed by atoms with E-state index < -0.39 is 0 Å². The van der Waals surface area contributed by atoms with Crippen LogP contribution in [0.25, 0.3) is 0 Å². The molecule has 0 atom stereocenters. The fourth-order valence-corrected chi connectivity index (χ4v) is 1.90. The molecule has 2 aromatic carbocycles. The average Bonchev–Trinajstić information content (AvgIpc) is 2.41. The first-order chi connectivity index (χ1) is 8.70. The van der Waals surface area contributed by atoms with Crippen molar-refractivity contribution in [1.82, 2.24) is 0 Å². The molecule has 3 heteroatoms. The Morgan fingerprint density at radius 2 is 1.72 bits per heavy atom. The zero-order valence-electron chi connectivity index (χ0n) is 10.4. The van der Waals surface area contributed by atoms with Crippen LogP contribution in [0.2, 0.25) is 0 Å². The molecule has 0 spiro atoms. The van der Waals surface area contributed by atoms with Gasteiger partial charge in [0.05, 0.1) is 7.11 Å². The first-order valence-corrected chi connectivity index (χ1v) is 6.12. The van der Waals surface area contributed by atoms with E-state index in [4.69, 9.17) is 17.0 Å². The van der Waals surface area contributed by atoms with Gasteiger partial charge in [0.15, 0.2) is 0 Å². The first kappa shape index (κ1) is 12.6. The fraction of sp³-hybridized carbons (Fsp3) is 0.133. The molecule has 18 heavy (non-hydrogen) atoms. The molecular formula is C15H15NOS. The van der Waals surface area contributed by atoms with Crippen molar-refractivity contribution in [1.29, 1.82) is 0 Å². The van der Waals surface area contributed by atoms with Gasteiger partial charge in [-0.2, -0.15) is 0 Å². The number of para-hydroxylation sites is 1. The Kier molecular flexibility index (Phi) is 3.95. The second-order valence-electron chi connectivity index (χ2n) is 4.00. The highest BCUT2D eigenvalue weighted by Crippen LogP contribution is 2.17. The number of methoxy groups -OCH3 is 1. The van der Waals surface area contributed by atoms with Crippen molar-refractivity contribution in [3.8, 4) is 5.75 Å². The number of rotatable bonds is 3. The van der Waals surface area contributed by atoms with E-state index in [0.717, 1.165) is 17.0 Å². The van der Waals surface area contributed by atoms with E-state index in [9.17, 15) is 0 Å². The highest BCUT2D eigenvalue weighted by atomic mass is 32.1. The molecule has 0 unspecified atom stereocenters. The minimum absolute atomic E-state index is 0.715. The minimum atomic E-state index is 0.715. The van der Waals surface area contributed by atoms with Crippen LogP contribution in [-0.4, -0.2) is 12.1 Å². The van der Waals surface area contributed by atoms with Gasteiger partial charge in [0.1, 0.15) is 10.7 Å². The largest absolute Gasteiger partial charge is 0.497 e. The Balaban J connectivity index is 2.14. The van der Waals surface area contributed by atoms with Gasteiger partial charge in [-0.3, -0.25) is 0 Å². The standard InChI is InChI=1S/C15H15NOS/c1-11-5-3-4-6-14(11)16-15(18)12-7-9-13(17-2)10-8-12/h3-10H,1-2H3,(H,16,18). The van der Waals surface area contributed by atoms with Crippen molar-refractivity contribution >= 4 is 22.9 Å². The zero-order chi connectivity index (χ0) is 13.0. The van der Waals surface area contributed by atoms with Crippen LogP contribution in [0.3, 0.4) is 0 Å². The summed E-state index contributed by atoms with van der Waals surface area (Å²) in [5, 5.41) is 3.25. The van der Waals surface area contributed by atoms with Gasteiger partial charge < -0.3 is 10.1 Å². The predicted octanol–water partition coefficient (Wildman–Crippen LogP) is 3.79. The average molecular weight is 257 g/mol. The number of nitrogens with one attached hydrogen (secondary N) is 1. The van der Waals surface area contributed by atoms with Gasteiger partial charge in [-0.15, -0.1) is 0 Å². The van der Waals surface area contributed by atoms with E-state index in [1.54, 1.807) is 7.11 Å².